The molecule has 2 rings (SSSR count). The molecule has 1 aromatic rings. The van der Waals surface area contributed by atoms with Gasteiger partial charge in [0.1, 0.15) is 0 Å². The van der Waals surface area contributed by atoms with Gasteiger partial charge in [-0.1, -0.05) is 6.07 Å². The fraction of sp³-hybridized carbons (Fsp3) is 0.529. The quantitative estimate of drug-likeness (QED) is 0.753. The molecule has 7 nitrogen and oxygen atoms in total. The van der Waals surface area contributed by atoms with Crippen LogP contribution in [0.3, 0.4) is 0 Å². The Morgan fingerprint density at radius 2 is 2.04 bits per heavy atom. The van der Waals surface area contributed by atoms with Gasteiger partial charge in [-0.15, -0.1) is 12.4 Å². The van der Waals surface area contributed by atoms with Gasteiger partial charge in [-0.3, -0.25) is 9.59 Å². The second-order valence-electron chi connectivity index (χ2n) is 6.42. The first kappa shape index (κ1) is 22.4. The number of halogens is 1. The predicted octanol–water partition coefficient (Wildman–Crippen LogP) is 0.747. The molecule has 0 bridgehead atoms. The number of carbonyl (C=O) groups is 2. The number of hydrogen-bond acceptors (Lipinski definition) is 5. The van der Waals surface area contributed by atoms with Crippen molar-refractivity contribution < 1.29 is 18.0 Å². The molecule has 0 aliphatic carbocycles. The lowest BCUT2D eigenvalue weighted by atomic mass is 9.96. The highest BCUT2D eigenvalue weighted by atomic mass is 35.5. The molecule has 0 saturated carbocycles. The number of sulfone groups is 1. The third-order valence-electron chi connectivity index (χ3n) is 4.36. The number of likely N-dealkylation sites (tertiary alicyclic amines) is 1. The van der Waals surface area contributed by atoms with Crippen LogP contribution in [0.1, 0.15) is 28.8 Å². The molecule has 1 aromatic carbocycles. The molecule has 1 saturated heterocycles. The van der Waals surface area contributed by atoms with E-state index >= 15 is 0 Å². The van der Waals surface area contributed by atoms with Crippen molar-refractivity contribution in [1.29, 1.82) is 0 Å². The summed E-state index contributed by atoms with van der Waals surface area (Å²) < 4.78 is 23.7. The van der Waals surface area contributed by atoms with E-state index in [1.165, 1.54) is 6.07 Å². The van der Waals surface area contributed by atoms with Crippen molar-refractivity contribution in [2.24, 2.45) is 11.7 Å². The number of benzene rings is 1. The van der Waals surface area contributed by atoms with Crippen LogP contribution in [0.5, 0.6) is 0 Å². The lowest BCUT2D eigenvalue weighted by Gasteiger charge is -2.32. The van der Waals surface area contributed by atoms with E-state index < -0.39 is 9.84 Å². The van der Waals surface area contributed by atoms with Crippen LogP contribution >= 0.6 is 12.4 Å². The molecule has 0 aromatic heterocycles. The topological polar surface area (TPSA) is 110 Å². The van der Waals surface area contributed by atoms with E-state index in [1.54, 1.807) is 24.0 Å². The van der Waals surface area contributed by atoms with Crippen molar-refractivity contribution in [3.05, 3.63) is 29.3 Å². The SMILES string of the molecule is Cc1ccc(C(=O)N2CCCC(C(=O)NCCN)C2)cc1S(C)(=O)=O.Cl. The molecule has 0 radical (unpaired) electrons. The monoisotopic (exact) mass is 403 g/mol. The summed E-state index contributed by atoms with van der Waals surface area (Å²) in [6.07, 6.45) is 2.59. The Bertz CT molecular complexity index is 767. The summed E-state index contributed by atoms with van der Waals surface area (Å²) in [6.45, 7) is 3.37. The molecular weight excluding hydrogens is 378 g/mol. The minimum Gasteiger partial charge on any atom is -0.355 e. The van der Waals surface area contributed by atoms with Crippen molar-refractivity contribution in [1.82, 2.24) is 10.2 Å². The average molecular weight is 404 g/mol. The molecule has 3 N–H and O–H groups in total. The molecule has 2 amide bonds. The van der Waals surface area contributed by atoms with Crippen LogP contribution in [0.15, 0.2) is 23.1 Å². The highest BCUT2D eigenvalue weighted by molar-refractivity contribution is 7.90. The molecule has 1 atom stereocenters. The highest BCUT2D eigenvalue weighted by Gasteiger charge is 2.29. The number of nitrogens with two attached hydrogens (primary N) is 1. The zero-order chi connectivity index (χ0) is 18.6. The van der Waals surface area contributed by atoms with E-state index in [9.17, 15) is 18.0 Å². The largest absolute Gasteiger partial charge is 0.355 e. The normalized spacial score (nSPS) is 17.3. The first-order valence-corrected chi connectivity index (χ1v) is 10.2. The summed E-state index contributed by atoms with van der Waals surface area (Å²) in [4.78, 5) is 26.6. The predicted molar refractivity (Wildman–Crippen MR) is 102 cm³/mol. The second kappa shape index (κ2) is 9.34. The van der Waals surface area contributed by atoms with Gasteiger partial charge in [-0.2, -0.15) is 0 Å². The van der Waals surface area contributed by atoms with E-state index in [0.29, 0.717) is 37.3 Å². The summed E-state index contributed by atoms with van der Waals surface area (Å²) in [5.74, 6) is -0.603. The minimum atomic E-state index is -3.40. The number of piperidine rings is 1. The molecular formula is C17H26ClN3O4S. The Labute approximate surface area is 160 Å². The van der Waals surface area contributed by atoms with Gasteiger partial charge in [0.05, 0.1) is 10.8 Å². The minimum absolute atomic E-state index is 0. The first-order valence-electron chi connectivity index (χ1n) is 8.32. The standard InChI is InChI=1S/C17H25N3O4S.ClH/c1-12-5-6-13(10-15(12)25(2,23)24)17(22)20-9-3-4-14(11-20)16(21)19-8-7-18;/h5-6,10,14H,3-4,7-9,11,18H2,1-2H3,(H,19,21);1H. The maximum atomic E-state index is 12.8. The molecule has 1 heterocycles. The fourth-order valence-corrected chi connectivity index (χ4v) is 4.02. The number of rotatable bonds is 5. The summed E-state index contributed by atoms with van der Waals surface area (Å²) >= 11 is 0. The third kappa shape index (κ3) is 5.43. The number of aryl methyl sites for hydroxylation is 1. The molecule has 9 heteroatoms. The Morgan fingerprint density at radius 1 is 1.35 bits per heavy atom. The van der Waals surface area contributed by atoms with Gasteiger partial charge in [-0.25, -0.2) is 8.42 Å². The lowest BCUT2D eigenvalue weighted by Crippen LogP contribution is -2.46. The molecule has 0 spiro atoms. The van der Waals surface area contributed by atoms with E-state index in [4.69, 9.17) is 5.73 Å². The van der Waals surface area contributed by atoms with Crippen LogP contribution in [0.4, 0.5) is 0 Å². The van der Waals surface area contributed by atoms with Gasteiger partial charge in [0.25, 0.3) is 5.91 Å². The van der Waals surface area contributed by atoms with Gasteiger partial charge in [-0.05, 0) is 37.5 Å². The maximum absolute atomic E-state index is 12.8. The highest BCUT2D eigenvalue weighted by Crippen LogP contribution is 2.22. The van der Waals surface area contributed by atoms with E-state index in [1.807, 2.05) is 0 Å². The second-order valence-corrected chi connectivity index (χ2v) is 8.41. The van der Waals surface area contributed by atoms with Crippen LogP contribution in [0.25, 0.3) is 0 Å². The fourth-order valence-electron chi connectivity index (χ4n) is 3.03. The third-order valence-corrected chi connectivity index (χ3v) is 5.60. The van der Waals surface area contributed by atoms with Crippen molar-refractivity contribution >= 4 is 34.1 Å². The van der Waals surface area contributed by atoms with Crippen LogP contribution in [0, 0.1) is 12.8 Å². The Balaban J connectivity index is 0.00000338. The Kier molecular flexibility index (Phi) is 8.05. The van der Waals surface area contributed by atoms with Crippen molar-refractivity contribution in [2.45, 2.75) is 24.7 Å². The molecule has 1 aliphatic rings. The first-order chi connectivity index (χ1) is 11.7. The molecule has 1 unspecified atom stereocenters. The number of nitrogens with zero attached hydrogens (tertiary/aromatic N) is 1. The number of nitrogens with one attached hydrogen (secondary N) is 1. The zero-order valence-electron chi connectivity index (χ0n) is 15.0. The summed E-state index contributed by atoms with van der Waals surface area (Å²) in [5, 5.41) is 2.76. The Hall–Kier alpha value is -1.64. The molecule has 1 fully saturated rings. The maximum Gasteiger partial charge on any atom is 0.253 e. The van der Waals surface area contributed by atoms with E-state index in [-0.39, 0.29) is 35.0 Å². The van der Waals surface area contributed by atoms with E-state index in [0.717, 1.165) is 19.1 Å². The van der Waals surface area contributed by atoms with E-state index in [2.05, 4.69) is 5.32 Å². The van der Waals surface area contributed by atoms with Gasteiger partial charge >= 0.3 is 0 Å². The lowest BCUT2D eigenvalue weighted by molar-refractivity contribution is -0.126. The number of carbonyl (C=O) groups excluding carboxylic acids is 2. The van der Waals surface area contributed by atoms with Crippen LogP contribution in [-0.4, -0.2) is 57.6 Å². The average Bonchev–Trinajstić information content (AvgIpc) is 2.58. The Morgan fingerprint density at radius 3 is 2.65 bits per heavy atom. The number of amides is 2. The summed E-state index contributed by atoms with van der Waals surface area (Å²) in [6, 6.07) is 4.69. The van der Waals surface area contributed by atoms with Crippen LogP contribution < -0.4 is 11.1 Å². The zero-order valence-corrected chi connectivity index (χ0v) is 16.7. The van der Waals surface area contributed by atoms with Crippen LogP contribution in [-0.2, 0) is 14.6 Å². The molecule has 1 aliphatic heterocycles. The van der Waals surface area contributed by atoms with Crippen molar-refractivity contribution in [2.75, 3.05) is 32.4 Å². The number of hydrogen-bond donors (Lipinski definition) is 2. The van der Waals surface area contributed by atoms with Gasteiger partial charge in [0.2, 0.25) is 5.91 Å². The van der Waals surface area contributed by atoms with Crippen molar-refractivity contribution in [3.8, 4) is 0 Å². The summed E-state index contributed by atoms with van der Waals surface area (Å²) in [5.41, 5.74) is 6.33. The van der Waals surface area contributed by atoms with Gasteiger partial charge < -0.3 is 16.0 Å². The smallest absolute Gasteiger partial charge is 0.253 e. The van der Waals surface area contributed by atoms with Crippen molar-refractivity contribution in [3.63, 3.8) is 0 Å². The molecule has 26 heavy (non-hydrogen) atoms. The van der Waals surface area contributed by atoms with Gasteiger partial charge in [0, 0.05) is 38.0 Å². The molecule has 146 valence electrons. The van der Waals surface area contributed by atoms with Crippen LogP contribution in [0.2, 0.25) is 0 Å². The summed E-state index contributed by atoms with van der Waals surface area (Å²) in [7, 11) is -3.40. The van der Waals surface area contributed by atoms with Gasteiger partial charge in [0.15, 0.2) is 9.84 Å².